The van der Waals surface area contributed by atoms with Gasteiger partial charge in [0.15, 0.2) is 5.58 Å². The van der Waals surface area contributed by atoms with Crippen molar-refractivity contribution in [3.05, 3.63) is 95.6 Å². The molecule has 1 N–H and O–H groups in total. The minimum absolute atomic E-state index is 0.149. The van der Waals surface area contributed by atoms with Crippen LogP contribution in [0.4, 0.5) is 5.69 Å². The van der Waals surface area contributed by atoms with E-state index in [0.29, 0.717) is 28.2 Å². The Balaban J connectivity index is 1.46. The summed E-state index contributed by atoms with van der Waals surface area (Å²) in [6.07, 6.45) is 0. The molecule has 0 atom stereocenters. The van der Waals surface area contributed by atoms with Crippen LogP contribution in [0.3, 0.4) is 0 Å². The fourth-order valence-corrected chi connectivity index (χ4v) is 3.62. The third-order valence-corrected chi connectivity index (χ3v) is 5.43. The largest absolute Gasteiger partial charge is 0.436 e. The van der Waals surface area contributed by atoms with Crippen LogP contribution in [0.15, 0.2) is 83.3 Å². The van der Waals surface area contributed by atoms with Gasteiger partial charge in [-0.05, 0) is 72.1 Å². The number of nitrogens with one attached hydrogen (secondary N) is 1. The van der Waals surface area contributed by atoms with Gasteiger partial charge in [-0.2, -0.15) is 0 Å². The van der Waals surface area contributed by atoms with Crippen molar-refractivity contribution in [3.8, 4) is 11.5 Å². The molecule has 0 aliphatic rings. The molecule has 1 amide bonds. The molecule has 0 unspecified atom stereocenters. The van der Waals surface area contributed by atoms with Crippen LogP contribution in [0.1, 0.15) is 21.5 Å². The lowest BCUT2D eigenvalue weighted by Crippen LogP contribution is -2.12. The van der Waals surface area contributed by atoms with E-state index in [4.69, 9.17) is 4.42 Å². The molecule has 0 fully saturated rings. The SMILES string of the molecule is Cc1ccc(-c2nc3cc(NC(=O)c4cccc5ccccc45)ccc3o2)cc1C. The Morgan fingerprint density at radius 2 is 1.70 bits per heavy atom. The number of fused-ring (bicyclic) bond motifs is 2. The first kappa shape index (κ1) is 18.1. The lowest BCUT2D eigenvalue weighted by molar-refractivity contribution is 0.102. The monoisotopic (exact) mass is 392 g/mol. The van der Waals surface area contributed by atoms with E-state index in [1.165, 1.54) is 11.1 Å². The lowest BCUT2D eigenvalue weighted by Gasteiger charge is -2.08. The van der Waals surface area contributed by atoms with Crippen molar-refractivity contribution in [2.24, 2.45) is 0 Å². The second-order valence-corrected chi connectivity index (χ2v) is 7.48. The van der Waals surface area contributed by atoms with Gasteiger partial charge in [-0.25, -0.2) is 4.98 Å². The van der Waals surface area contributed by atoms with E-state index in [2.05, 4.69) is 36.3 Å². The van der Waals surface area contributed by atoms with Gasteiger partial charge in [-0.15, -0.1) is 0 Å². The van der Waals surface area contributed by atoms with Crippen LogP contribution < -0.4 is 5.32 Å². The molecule has 5 aromatic rings. The lowest BCUT2D eigenvalue weighted by atomic mass is 10.0. The minimum atomic E-state index is -0.149. The summed E-state index contributed by atoms with van der Waals surface area (Å²) in [5, 5.41) is 4.95. The normalized spacial score (nSPS) is 11.1. The molecular formula is C26H20N2O2. The summed E-state index contributed by atoms with van der Waals surface area (Å²) in [6.45, 7) is 4.15. The predicted octanol–water partition coefficient (Wildman–Crippen LogP) is 6.52. The number of hydrogen-bond acceptors (Lipinski definition) is 3. The van der Waals surface area contributed by atoms with Gasteiger partial charge in [0, 0.05) is 16.8 Å². The zero-order chi connectivity index (χ0) is 20.7. The maximum Gasteiger partial charge on any atom is 0.256 e. The topological polar surface area (TPSA) is 55.1 Å². The van der Waals surface area contributed by atoms with Gasteiger partial charge in [0.25, 0.3) is 5.91 Å². The summed E-state index contributed by atoms with van der Waals surface area (Å²) < 4.78 is 5.93. The van der Waals surface area contributed by atoms with Crippen molar-refractivity contribution >= 4 is 33.5 Å². The molecule has 0 saturated carbocycles. The van der Waals surface area contributed by atoms with Gasteiger partial charge in [0.05, 0.1) is 0 Å². The van der Waals surface area contributed by atoms with Crippen LogP contribution in [0.2, 0.25) is 0 Å². The maximum atomic E-state index is 12.9. The second-order valence-electron chi connectivity index (χ2n) is 7.48. The molecule has 146 valence electrons. The fraction of sp³-hybridized carbons (Fsp3) is 0.0769. The van der Waals surface area contributed by atoms with Crippen LogP contribution in [0.5, 0.6) is 0 Å². The fourth-order valence-electron chi connectivity index (χ4n) is 3.62. The van der Waals surface area contributed by atoms with E-state index >= 15 is 0 Å². The molecule has 0 aliphatic carbocycles. The average molecular weight is 392 g/mol. The predicted molar refractivity (Wildman–Crippen MR) is 121 cm³/mol. The standard InChI is InChI=1S/C26H20N2O2/c1-16-10-11-19(14-17(16)2)26-28-23-15-20(12-13-24(23)30-26)27-25(29)22-9-5-7-18-6-3-4-8-21(18)22/h3-15H,1-2H3,(H,27,29). The Hall–Kier alpha value is -3.92. The molecule has 30 heavy (non-hydrogen) atoms. The summed E-state index contributed by atoms with van der Waals surface area (Å²) in [4.78, 5) is 17.5. The first-order valence-electron chi connectivity index (χ1n) is 9.86. The molecule has 5 rings (SSSR count). The van der Waals surface area contributed by atoms with E-state index < -0.39 is 0 Å². The van der Waals surface area contributed by atoms with E-state index in [9.17, 15) is 4.79 Å². The van der Waals surface area contributed by atoms with E-state index in [1.807, 2.05) is 66.7 Å². The molecule has 4 nitrogen and oxygen atoms in total. The minimum Gasteiger partial charge on any atom is -0.436 e. The van der Waals surface area contributed by atoms with Crippen LogP contribution in [0.25, 0.3) is 33.3 Å². The zero-order valence-corrected chi connectivity index (χ0v) is 16.8. The number of anilines is 1. The van der Waals surface area contributed by atoms with Crippen LogP contribution in [-0.4, -0.2) is 10.9 Å². The first-order chi connectivity index (χ1) is 14.6. The first-order valence-corrected chi connectivity index (χ1v) is 9.86. The Morgan fingerprint density at radius 1 is 0.867 bits per heavy atom. The van der Waals surface area contributed by atoms with Gasteiger partial charge in [-0.1, -0.05) is 42.5 Å². The van der Waals surface area contributed by atoms with Gasteiger partial charge in [0.1, 0.15) is 5.52 Å². The molecule has 1 aromatic heterocycles. The van der Waals surface area contributed by atoms with Crippen molar-refractivity contribution in [2.45, 2.75) is 13.8 Å². The number of aryl methyl sites for hydroxylation is 2. The number of hydrogen-bond donors (Lipinski definition) is 1. The third kappa shape index (κ3) is 3.22. The zero-order valence-electron chi connectivity index (χ0n) is 16.8. The Morgan fingerprint density at radius 3 is 2.57 bits per heavy atom. The van der Waals surface area contributed by atoms with E-state index in [1.54, 1.807) is 0 Å². The van der Waals surface area contributed by atoms with E-state index in [0.717, 1.165) is 16.3 Å². The number of aromatic nitrogens is 1. The smallest absolute Gasteiger partial charge is 0.256 e. The number of nitrogens with zero attached hydrogens (tertiary/aromatic N) is 1. The molecule has 0 radical (unpaired) electrons. The number of amides is 1. The number of benzene rings is 4. The van der Waals surface area contributed by atoms with Crippen molar-refractivity contribution < 1.29 is 9.21 Å². The maximum absolute atomic E-state index is 12.9. The Bertz CT molecular complexity index is 1410. The highest BCUT2D eigenvalue weighted by atomic mass is 16.3. The highest BCUT2D eigenvalue weighted by Crippen LogP contribution is 2.28. The molecular weight excluding hydrogens is 372 g/mol. The number of carbonyl (C=O) groups is 1. The molecule has 0 aliphatic heterocycles. The highest BCUT2D eigenvalue weighted by molar-refractivity contribution is 6.13. The molecule has 0 bridgehead atoms. The molecule has 4 aromatic carbocycles. The summed E-state index contributed by atoms with van der Waals surface area (Å²) in [7, 11) is 0. The number of carbonyl (C=O) groups excluding carboxylic acids is 1. The number of oxazole rings is 1. The van der Waals surface area contributed by atoms with Crippen molar-refractivity contribution in [2.75, 3.05) is 5.32 Å². The quantitative estimate of drug-likeness (QED) is 0.380. The van der Waals surface area contributed by atoms with E-state index in [-0.39, 0.29) is 5.91 Å². The van der Waals surface area contributed by atoms with Gasteiger partial charge < -0.3 is 9.73 Å². The molecule has 0 saturated heterocycles. The Labute approximate surface area is 174 Å². The summed E-state index contributed by atoms with van der Waals surface area (Å²) in [5.74, 6) is 0.426. The number of rotatable bonds is 3. The second kappa shape index (κ2) is 7.16. The highest BCUT2D eigenvalue weighted by Gasteiger charge is 2.13. The molecule has 1 heterocycles. The van der Waals surface area contributed by atoms with Crippen molar-refractivity contribution in [3.63, 3.8) is 0 Å². The van der Waals surface area contributed by atoms with Gasteiger partial charge in [0.2, 0.25) is 5.89 Å². The van der Waals surface area contributed by atoms with Gasteiger partial charge >= 0.3 is 0 Å². The van der Waals surface area contributed by atoms with Crippen LogP contribution in [0, 0.1) is 13.8 Å². The van der Waals surface area contributed by atoms with Crippen molar-refractivity contribution in [1.82, 2.24) is 4.98 Å². The van der Waals surface area contributed by atoms with Crippen LogP contribution in [-0.2, 0) is 0 Å². The van der Waals surface area contributed by atoms with Gasteiger partial charge in [-0.3, -0.25) is 4.79 Å². The average Bonchev–Trinajstić information content (AvgIpc) is 3.18. The molecule has 4 heteroatoms. The van der Waals surface area contributed by atoms with Crippen molar-refractivity contribution in [1.29, 1.82) is 0 Å². The summed E-state index contributed by atoms with van der Waals surface area (Å²) in [6, 6.07) is 25.3. The summed E-state index contributed by atoms with van der Waals surface area (Å²) >= 11 is 0. The molecule has 0 spiro atoms. The summed E-state index contributed by atoms with van der Waals surface area (Å²) in [5.41, 5.74) is 6.08. The third-order valence-electron chi connectivity index (χ3n) is 5.43. The van der Waals surface area contributed by atoms with Crippen LogP contribution >= 0.6 is 0 Å². The Kier molecular flexibility index (Phi) is 4.32.